The molecule has 10 heteroatoms. The Labute approximate surface area is 177 Å². The summed E-state index contributed by atoms with van der Waals surface area (Å²) in [5.41, 5.74) is 1.92. The minimum absolute atomic E-state index is 0.113. The highest BCUT2D eigenvalue weighted by Gasteiger charge is 2.19. The molecule has 0 bridgehead atoms. The number of hydrogen-bond donors (Lipinski definition) is 4. The fourth-order valence-corrected chi connectivity index (χ4v) is 2.96. The number of aromatic nitrogens is 5. The fourth-order valence-electron chi connectivity index (χ4n) is 2.96. The van der Waals surface area contributed by atoms with E-state index in [2.05, 4.69) is 51.5 Å². The van der Waals surface area contributed by atoms with E-state index < -0.39 is 0 Å². The van der Waals surface area contributed by atoms with Crippen molar-refractivity contribution in [3.63, 3.8) is 0 Å². The van der Waals surface area contributed by atoms with Crippen molar-refractivity contribution in [3.8, 4) is 11.5 Å². The van der Waals surface area contributed by atoms with E-state index >= 15 is 0 Å². The molecule has 3 heterocycles. The van der Waals surface area contributed by atoms with Gasteiger partial charge >= 0.3 is 11.7 Å². The van der Waals surface area contributed by atoms with Gasteiger partial charge in [-0.1, -0.05) is 20.8 Å². The normalized spacial score (nSPS) is 11.5. The average molecular weight is 421 g/mol. The van der Waals surface area contributed by atoms with Crippen LogP contribution < -0.4 is 21.1 Å². The number of aryl methyl sites for hydroxylation is 1. The standard InChI is InChI=1S/C21H23N7O3/c1-21(2,3)15-11-16(28(4)27-15)24-19(29)23-12-5-7-13(8-6-12)31-14-9-10-22-18-17(14)25-20(30)26-18/h5-11H,1-4H3,(H2,23,24,29)(H2,22,25,26,30). The number of nitrogens with one attached hydrogen (secondary N) is 4. The second-order valence-corrected chi connectivity index (χ2v) is 8.11. The third kappa shape index (κ3) is 4.42. The van der Waals surface area contributed by atoms with Crippen LogP contribution in [0.1, 0.15) is 26.5 Å². The van der Waals surface area contributed by atoms with E-state index in [1.54, 1.807) is 48.3 Å². The van der Waals surface area contributed by atoms with E-state index in [0.717, 1.165) is 5.69 Å². The van der Waals surface area contributed by atoms with Crippen molar-refractivity contribution in [2.75, 3.05) is 10.6 Å². The third-order valence-corrected chi connectivity index (χ3v) is 4.61. The number of anilines is 2. The first-order chi connectivity index (χ1) is 14.7. The molecule has 3 aromatic heterocycles. The number of carbonyl (C=O) groups excluding carboxylic acids is 1. The van der Waals surface area contributed by atoms with Crippen molar-refractivity contribution < 1.29 is 9.53 Å². The number of urea groups is 1. The van der Waals surface area contributed by atoms with E-state index in [1.807, 2.05) is 6.07 Å². The molecule has 2 amide bonds. The molecule has 160 valence electrons. The number of amides is 2. The van der Waals surface area contributed by atoms with Gasteiger partial charge in [0.25, 0.3) is 0 Å². The predicted molar refractivity (Wildman–Crippen MR) is 118 cm³/mol. The highest BCUT2D eigenvalue weighted by molar-refractivity contribution is 5.99. The fraction of sp³-hybridized carbons (Fsp3) is 0.238. The Kier molecular flexibility index (Phi) is 4.97. The van der Waals surface area contributed by atoms with Crippen molar-refractivity contribution in [3.05, 3.63) is 58.8 Å². The molecule has 4 N–H and O–H groups in total. The number of ether oxygens (including phenoxy) is 1. The van der Waals surface area contributed by atoms with E-state index in [1.165, 1.54) is 0 Å². The molecule has 31 heavy (non-hydrogen) atoms. The van der Waals surface area contributed by atoms with Gasteiger partial charge in [-0.3, -0.25) is 15.0 Å². The first-order valence-electron chi connectivity index (χ1n) is 9.66. The molecule has 0 aliphatic carbocycles. The molecule has 0 unspecified atom stereocenters. The number of nitrogens with zero attached hydrogens (tertiary/aromatic N) is 3. The van der Waals surface area contributed by atoms with Crippen LogP contribution in [-0.4, -0.2) is 30.8 Å². The summed E-state index contributed by atoms with van der Waals surface area (Å²) in [6.45, 7) is 6.19. The van der Waals surface area contributed by atoms with Gasteiger partial charge in [0.1, 0.15) is 17.1 Å². The van der Waals surface area contributed by atoms with Crippen molar-refractivity contribution in [2.45, 2.75) is 26.2 Å². The predicted octanol–water partition coefficient (Wildman–Crippen LogP) is 3.72. The largest absolute Gasteiger partial charge is 0.455 e. The van der Waals surface area contributed by atoms with Crippen LogP contribution in [0.3, 0.4) is 0 Å². The van der Waals surface area contributed by atoms with Crippen LogP contribution in [0.5, 0.6) is 11.5 Å². The maximum Gasteiger partial charge on any atom is 0.325 e. The summed E-state index contributed by atoms with van der Waals surface area (Å²) in [6, 6.07) is 10.0. The van der Waals surface area contributed by atoms with Gasteiger partial charge in [-0.05, 0) is 24.3 Å². The van der Waals surface area contributed by atoms with Crippen LogP contribution in [0.25, 0.3) is 11.2 Å². The van der Waals surface area contributed by atoms with Crippen molar-refractivity contribution >= 4 is 28.7 Å². The Balaban J connectivity index is 1.42. The van der Waals surface area contributed by atoms with Gasteiger partial charge in [0, 0.05) is 36.5 Å². The third-order valence-electron chi connectivity index (χ3n) is 4.61. The van der Waals surface area contributed by atoms with Crippen molar-refractivity contribution in [1.82, 2.24) is 24.7 Å². The number of rotatable bonds is 4. The molecule has 0 atom stereocenters. The second-order valence-electron chi connectivity index (χ2n) is 8.11. The number of benzene rings is 1. The van der Waals surface area contributed by atoms with Gasteiger partial charge in [-0.15, -0.1) is 0 Å². The monoisotopic (exact) mass is 421 g/mol. The number of aromatic amines is 2. The van der Waals surface area contributed by atoms with Crippen LogP contribution in [0.2, 0.25) is 0 Å². The van der Waals surface area contributed by atoms with E-state index in [9.17, 15) is 9.59 Å². The summed E-state index contributed by atoms with van der Waals surface area (Å²) >= 11 is 0. The van der Waals surface area contributed by atoms with E-state index in [4.69, 9.17) is 4.74 Å². The molecule has 0 fully saturated rings. The highest BCUT2D eigenvalue weighted by atomic mass is 16.5. The Morgan fingerprint density at radius 2 is 1.84 bits per heavy atom. The average Bonchev–Trinajstić information content (AvgIpc) is 3.26. The maximum absolute atomic E-state index is 12.4. The summed E-state index contributed by atoms with van der Waals surface area (Å²) in [5, 5.41) is 10.0. The molecule has 0 saturated carbocycles. The number of hydrogen-bond acceptors (Lipinski definition) is 5. The molecule has 10 nitrogen and oxygen atoms in total. The summed E-state index contributed by atoms with van der Waals surface area (Å²) in [7, 11) is 1.78. The van der Waals surface area contributed by atoms with Crippen LogP contribution in [0.4, 0.5) is 16.3 Å². The molecule has 0 radical (unpaired) electrons. The molecule has 1 aromatic carbocycles. The lowest BCUT2D eigenvalue weighted by atomic mass is 9.92. The molecule has 0 spiro atoms. The van der Waals surface area contributed by atoms with Crippen LogP contribution in [0, 0.1) is 0 Å². The van der Waals surface area contributed by atoms with Crippen molar-refractivity contribution in [2.24, 2.45) is 7.05 Å². The molecule has 4 rings (SSSR count). The van der Waals surface area contributed by atoms with Gasteiger partial charge in [-0.25, -0.2) is 14.6 Å². The smallest absolute Gasteiger partial charge is 0.325 e. The Morgan fingerprint density at radius 1 is 1.10 bits per heavy atom. The molecule has 0 aliphatic rings. The lowest BCUT2D eigenvalue weighted by Gasteiger charge is -2.13. The second kappa shape index (κ2) is 7.63. The van der Waals surface area contributed by atoms with Crippen LogP contribution in [0.15, 0.2) is 47.4 Å². The van der Waals surface area contributed by atoms with E-state index in [0.29, 0.717) is 34.2 Å². The van der Waals surface area contributed by atoms with Gasteiger partial charge < -0.3 is 15.0 Å². The SMILES string of the molecule is Cn1nc(C(C)(C)C)cc1NC(=O)Nc1ccc(Oc2ccnc3[nH]c(=O)[nH]c23)cc1. The zero-order chi connectivity index (χ0) is 22.2. The lowest BCUT2D eigenvalue weighted by Crippen LogP contribution is -2.20. The number of H-pyrrole nitrogens is 2. The highest BCUT2D eigenvalue weighted by Crippen LogP contribution is 2.27. The summed E-state index contributed by atoms with van der Waals surface area (Å²) < 4.78 is 7.48. The van der Waals surface area contributed by atoms with Crippen LogP contribution in [-0.2, 0) is 12.5 Å². The topological polar surface area (TPSA) is 130 Å². The molecular formula is C21H23N7O3. The van der Waals surface area contributed by atoms with Gasteiger partial charge in [0.15, 0.2) is 11.4 Å². The van der Waals surface area contributed by atoms with Crippen molar-refractivity contribution in [1.29, 1.82) is 0 Å². The maximum atomic E-state index is 12.4. The molecule has 0 saturated heterocycles. The zero-order valence-electron chi connectivity index (χ0n) is 17.6. The zero-order valence-corrected chi connectivity index (χ0v) is 17.6. The molecule has 0 aliphatic heterocycles. The minimum Gasteiger partial charge on any atom is -0.455 e. The quantitative estimate of drug-likeness (QED) is 0.399. The number of fused-ring (bicyclic) bond motifs is 1. The lowest BCUT2D eigenvalue weighted by molar-refractivity contribution is 0.262. The number of carbonyl (C=O) groups is 1. The van der Waals surface area contributed by atoms with Gasteiger partial charge in [-0.2, -0.15) is 5.10 Å². The Morgan fingerprint density at radius 3 is 2.52 bits per heavy atom. The Bertz CT molecular complexity index is 1290. The van der Waals surface area contributed by atoms with Gasteiger partial charge in [0.05, 0.1) is 5.69 Å². The number of pyridine rings is 1. The van der Waals surface area contributed by atoms with Gasteiger partial charge in [0.2, 0.25) is 0 Å². The number of imidazole rings is 1. The molecule has 4 aromatic rings. The Hall–Kier alpha value is -4.08. The minimum atomic E-state index is -0.377. The summed E-state index contributed by atoms with van der Waals surface area (Å²) in [4.78, 5) is 33.2. The van der Waals surface area contributed by atoms with E-state index in [-0.39, 0.29) is 17.1 Å². The molecular weight excluding hydrogens is 398 g/mol. The first kappa shape index (κ1) is 20.2. The van der Waals surface area contributed by atoms with Crippen LogP contribution >= 0.6 is 0 Å². The summed E-state index contributed by atoms with van der Waals surface area (Å²) in [5.74, 6) is 1.61. The first-order valence-corrected chi connectivity index (χ1v) is 9.66. The summed E-state index contributed by atoms with van der Waals surface area (Å²) in [6.07, 6.45) is 1.55.